The summed E-state index contributed by atoms with van der Waals surface area (Å²) in [6.07, 6.45) is 1.76. The Hall–Kier alpha value is -2.95. The van der Waals surface area contributed by atoms with Gasteiger partial charge in [-0.2, -0.15) is 5.10 Å². The summed E-state index contributed by atoms with van der Waals surface area (Å²) in [6, 6.07) is 15.3. The number of amides is 2. The number of nitrogens with zero attached hydrogens (tertiary/aromatic N) is 1. The number of rotatable bonds is 6. The van der Waals surface area contributed by atoms with Crippen molar-refractivity contribution in [1.82, 2.24) is 5.43 Å². The second-order valence-electron chi connectivity index (χ2n) is 5.57. The van der Waals surface area contributed by atoms with Crippen molar-refractivity contribution >= 4 is 23.7 Å². The zero-order chi connectivity index (χ0) is 17.4. The molecule has 0 unspecified atom stereocenters. The molecule has 2 rings (SSSR count). The number of hydrogen-bond acceptors (Lipinski definition) is 3. The van der Waals surface area contributed by atoms with Crippen molar-refractivity contribution in [3.8, 4) is 0 Å². The minimum atomic E-state index is -0.293. The first-order valence-electron chi connectivity index (χ1n) is 7.78. The molecule has 5 nitrogen and oxygen atoms in total. The van der Waals surface area contributed by atoms with Crippen molar-refractivity contribution in [3.63, 3.8) is 0 Å². The van der Waals surface area contributed by atoms with Gasteiger partial charge in [-0.1, -0.05) is 42.5 Å². The van der Waals surface area contributed by atoms with E-state index in [9.17, 15) is 9.59 Å². The topological polar surface area (TPSA) is 70.6 Å². The molecule has 2 aromatic rings. The van der Waals surface area contributed by atoms with Crippen LogP contribution in [-0.2, 0) is 9.59 Å². The number of hydrogen-bond donors (Lipinski definition) is 2. The molecule has 0 aliphatic heterocycles. The quantitative estimate of drug-likeness (QED) is 0.633. The second-order valence-corrected chi connectivity index (χ2v) is 5.57. The van der Waals surface area contributed by atoms with Gasteiger partial charge in [0.1, 0.15) is 0 Å². The van der Waals surface area contributed by atoms with Crippen LogP contribution in [0.4, 0.5) is 5.69 Å². The fourth-order valence-corrected chi connectivity index (χ4v) is 2.08. The van der Waals surface area contributed by atoms with Crippen molar-refractivity contribution in [2.45, 2.75) is 26.7 Å². The summed E-state index contributed by atoms with van der Waals surface area (Å²) >= 11 is 0. The fraction of sp³-hybridized carbons (Fsp3) is 0.211. The van der Waals surface area contributed by atoms with Gasteiger partial charge >= 0.3 is 0 Å². The average Bonchev–Trinajstić information content (AvgIpc) is 2.57. The second kappa shape index (κ2) is 8.62. The Bertz CT molecular complexity index is 740. The molecule has 0 atom stereocenters. The van der Waals surface area contributed by atoms with Crippen molar-refractivity contribution in [3.05, 3.63) is 65.2 Å². The highest BCUT2D eigenvalue weighted by molar-refractivity contribution is 5.94. The van der Waals surface area contributed by atoms with Gasteiger partial charge in [0.05, 0.1) is 6.21 Å². The molecule has 0 bridgehead atoms. The third-order valence-corrected chi connectivity index (χ3v) is 3.45. The predicted octanol–water partition coefficient (Wildman–Crippen LogP) is 3.17. The van der Waals surface area contributed by atoms with E-state index in [1.807, 2.05) is 62.4 Å². The van der Waals surface area contributed by atoms with E-state index >= 15 is 0 Å². The van der Waals surface area contributed by atoms with Gasteiger partial charge < -0.3 is 5.32 Å². The number of carbonyl (C=O) groups excluding carboxylic acids is 2. The Kier molecular flexibility index (Phi) is 6.25. The molecule has 0 saturated heterocycles. The molecule has 0 aliphatic rings. The van der Waals surface area contributed by atoms with Gasteiger partial charge in [0, 0.05) is 18.5 Å². The van der Waals surface area contributed by atoms with Crippen LogP contribution in [0.15, 0.2) is 53.6 Å². The zero-order valence-electron chi connectivity index (χ0n) is 13.9. The molecule has 2 N–H and O–H groups in total. The van der Waals surface area contributed by atoms with E-state index in [2.05, 4.69) is 15.8 Å². The molecule has 0 aliphatic carbocycles. The average molecular weight is 323 g/mol. The van der Waals surface area contributed by atoms with Crippen LogP contribution in [0.2, 0.25) is 0 Å². The van der Waals surface area contributed by atoms with E-state index in [4.69, 9.17) is 0 Å². The summed E-state index contributed by atoms with van der Waals surface area (Å²) in [5.74, 6) is -0.482. The van der Waals surface area contributed by atoms with Crippen LogP contribution in [0.25, 0.3) is 0 Å². The number of hydrazone groups is 1. The minimum absolute atomic E-state index is 0.0861. The van der Waals surface area contributed by atoms with E-state index in [1.54, 1.807) is 6.21 Å². The van der Waals surface area contributed by atoms with Crippen molar-refractivity contribution in [2.24, 2.45) is 5.10 Å². The first-order valence-corrected chi connectivity index (χ1v) is 7.78. The monoisotopic (exact) mass is 323 g/mol. The maximum absolute atomic E-state index is 11.9. The first-order chi connectivity index (χ1) is 11.5. The van der Waals surface area contributed by atoms with Crippen LogP contribution in [0, 0.1) is 13.8 Å². The van der Waals surface area contributed by atoms with E-state index in [0.717, 1.165) is 22.4 Å². The zero-order valence-corrected chi connectivity index (χ0v) is 13.9. The van der Waals surface area contributed by atoms with E-state index < -0.39 is 0 Å². The molecule has 5 heteroatoms. The van der Waals surface area contributed by atoms with E-state index in [-0.39, 0.29) is 24.7 Å². The largest absolute Gasteiger partial charge is 0.326 e. The minimum Gasteiger partial charge on any atom is -0.326 e. The SMILES string of the molecule is Cc1ccc(C)c(NC(=O)CCC(=O)N/N=C/c2ccccc2)c1. The Morgan fingerprint density at radius 3 is 2.46 bits per heavy atom. The molecule has 0 fully saturated rings. The molecule has 24 heavy (non-hydrogen) atoms. The van der Waals surface area contributed by atoms with Gasteiger partial charge in [-0.25, -0.2) is 5.43 Å². The Morgan fingerprint density at radius 1 is 1.00 bits per heavy atom. The third-order valence-electron chi connectivity index (χ3n) is 3.45. The summed E-state index contributed by atoms with van der Waals surface area (Å²) in [5.41, 5.74) is 6.16. The Morgan fingerprint density at radius 2 is 1.71 bits per heavy atom. The molecule has 0 aromatic heterocycles. The van der Waals surface area contributed by atoms with Crippen molar-refractivity contribution < 1.29 is 9.59 Å². The van der Waals surface area contributed by atoms with Crippen LogP contribution >= 0.6 is 0 Å². The lowest BCUT2D eigenvalue weighted by atomic mass is 10.1. The summed E-state index contributed by atoms with van der Waals surface area (Å²) in [7, 11) is 0. The molecular weight excluding hydrogens is 302 g/mol. The fourth-order valence-electron chi connectivity index (χ4n) is 2.08. The maximum Gasteiger partial charge on any atom is 0.240 e. The lowest BCUT2D eigenvalue weighted by molar-refractivity contribution is -0.124. The molecular formula is C19H21N3O2. The van der Waals surface area contributed by atoms with Crippen LogP contribution in [-0.4, -0.2) is 18.0 Å². The highest BCUT2D eigenvalue weighted by Gasteiger charge is 2.08. The van der Waals surface area contributed by atoms with Gasteiger partial charge in [0.25, 0.3) is 0 Å². The Labute approximate surface area is 141 Å². The normalized spacial score (nSPS) is 10.6. The summed E-state index contributed by atoms with van der Waals surface area (Å²) in [5, 5.41) is 6.70. The van der Waals surface area contributed by atoms with Gasteiger partial charge in [0.2, 0.25) is 11.8 Å². The predicted molar refractivity (Wildman–Crippen MR) is 96.0 cm³/mol. The summed E-state index contributed by atoms with van der Waals surface area (Å²) in [4.78, 5) is 23.7. The molecule has 2 amide bonds. The van der Waals surface area contributed by atoms with Gasteiger partial charge in [-0.15, -0.1) is 0 Å². The van der Waals surface area contributed by atoms with Crippen molar-refractivity contribution in [1.29, 1.82) is 0 Å². The first kappa shape index (κ1) is 17.4. The number of benzene rings is 2. The highest BCUT2D eigenvalue weighted by Crippen LogP contribution is 2.16. The van der Waals surface area contributed by atoms with E-state index in [0.29, 0.717) is 0 Å². The third kappa shape index (κ3) is 5.68. The Balaban J connectivity index is 1.76. The summed E-state index contributed by atoms with van der Waals surface area (Å²) in [6.45, 7) is 3.90. The number of anilines is 1. The van der Waals surface area contributed by atoms with E-state index in [1.165, 1.54) is 0 Å². The molecule has 0 saturated carbocycles. The standard InChI is InChI=1S/C19H21N3O2/c1-14-8-9-15(2)17(12-14)21-18(23)10-11-19(24)22-20-13-16-6-4-3-5-7-16/h3-9,12-13H,10-11H2,1-2H3,(H,21,23)(H,22,24)/b20-13+. The summed E-state index contributed by atoms with van der Waals surface area (Å²) < 4.78 is 0. The lowest BCUT2D eigenvalue weighted by Gasteiger charge is -2.09. The van der Waals surface area contributed by atoms with Crippen LogP contribution < -0.4 is 10.7 Å². The van der Waals surface area contributed by atoms with Gasteiger partial charge in [-0.3, -0.25) is 9.59 Å². The highest BCUT2D eigenvalue weighted by atomic mass is 16.2. The van der Waals surface area contributed by atoms with Gasteiger partial charge in [0.15, 0.2) is 0 Å². The molecule has 2 aromatic carbocycles. The van der Waals surface area contributed by atoms with Crippen LogP contribution in [0.3, 0.4) is 0 Å². The number of nitrogens with one attached hydrogen (secondary N) is 2. The van der Waals surface area contributed by atoms with Crippen LogP contribution in [0.5, 0.6) is 0 Å². The van der Waals surface area contributed by atoms with Crippen molar-refractivity contribution in [2.75, 3.05) is 5.32 Å². The van der Waals surface area contributed by atoms with Crippen LogP contribution in [0.1, 0.15) is 29.5 Å². The maximum atomic E-state index is 11.9. The number of aryl methyl sites for hydroxylation is 2. The van der Waals surface area contributed by atoms with Gasteiger partial charge in [-0.05, 0) is 36.6 Å². The molecule has 0 heterocycles. The molecule has 0 spiro atoms. The molecule has 0 radical (unpaired) electrons. The lowest BCUT2D eigenvalue weighted by Crippen LogP contribution is -2.20. The smallest absolute Gasteiger partial charge is 0.240 e. The number of carbonyl (C=O) groups is 2. The molecule has 124 valence electrons.